The van der Waals surface area contributed by atoms with Gasteiger partial charge in [-0.3, -0.25) is 4.79 Å². The number of aliphatic hydroxyl groups is 1. The number of benzene rings is 2. The highest BCUT2D eigenvalue weighted by molar-refractivity contribution is 7.89. The van der Waals surface area contributed by atoms with Crippen LogP contribution in [-0.2, 0) is 21.2 Å². The van der Waals surface area contributed by atoms with E-state index < -0.39 is 22.2 Å². The quantitative estimate of drug-likeness (QED) is 0.422. The molecule has 3 N–H and O–H groups in total. The van der Waals surface area contributed by atoms with Crippen molar-refractivity contribution in [2.75, 3.05) is 32.1 Å². The summed E-state index contributed by atoms with van der Waals surface area (Å²) >= 11 is 0. The Balaban J connectivity index is 1.59. The summed E-state index contributed by atoms with van der Waals surface area (Å²) in [5, 5.41) is 15.8. The first-order chi connectivity index (χ1) is 20.0. The van der Waals surface area contributed by atoms with Crippen molar-refractivity contribution in [2.45, 2.75) is 82.4 Å². The number of rotatable bonds is 8. The van der Waals surface area contributed by atoms with Gasteiger partial charge in [0.15, 0.2) is 0 Å². The van der Waals surface area contributed by atoms with Gasteiger partial charge in [-0.1, -0.05) is 43.9 Å². The topological polar surface area (TPSA) is 128 Å². The van der Waals surface area contributed by atoms with Crippen molar-refractivity contribution in [3.05, 3.63) is 53.6 Å². The fourth-order valence-electron chi connectivity index (χ4n) is 5.57. The van der Waals surface area contributed by atoms with Crippen LogP contribution in [0.1, 0.15) is 57.1 Å². The maximum atomic E-state index is 13.5. The van der Waals surface area contributed by atoms with E-state index >= 15 is 0 Å². The highest BCUT2D eigenvalue weighted by Crippen LogP contribution is 2.30. The Morgan fingerprint density at radius 3 is 2.50 bits per heavy atom. The lowest BCUT2D eigenvalue weighted by Crippen LogP contribution is -2.48. The minimum atomic E-state index is -3.79. The first kappa shape index (κ1) is 31.8. The lowest BCUT2D eigenvalue weighted by Gasteiger charge is -2.33. The van der Waals surface area contributed by atoms with Crippen molar-refractivity contribution in [1.29, 1.82) is 0 Å². The summed E-state index contributed by atoms with van der Waals surface area (Å²) < 4.78 is 34.5. The Bertz CT molecular complexity index is 1340. The summed E-state index contributed by atoms with van der Waals surface area (Å²) in [6, 6.07) is 11.3. The van der Waals surface area contributed by atoms with E-state index in [9.17, 15) is 23.1 Å². The molecule has 3 atom stereocenters. The number of carbonyl (C=O) groups is 2. The van der Waals surface area contributed by atoms with Crippen LogP contribution >= 0.6 is 0 Å². The summed E-state index contributed by atoms with van der Waals surface area (Å²) in [7, 11) is -2.26. The zero-order valence-electron chi connectivity index (χ0n) is 25.0. The molecule has 1 saturated carbocycles. The first-order valence-electron chi connectivity index (χ1n) is 14.8. The highest BCUT2D eigenvalue weighted by Gasteiger charge is 2.33. The van der Waals surface area contributed by atoms with E-state index in [1.165, 1.54) is 17.8 Å². The molecule has 0 radical (unpaired) electrons. The molecule has 0 unspecified atom stereocenters. The number of anilines is 1. The first-order valence-corrected chi connectivity index (χ1v) is 16.2. The van der Waals surface area contributed by atoms with E-state index in [0.29, 0.717) is 17.0 Å². The standard InChI is InChI=1S/C31H44N4O6S/c1-21-10-13-27(14-11-21)42(39,40)34(4)19-29-22(2)18-35(23(3)20-36)30(37)17-24-16-26(12-15-28(24)41-29)33-31(38)32-25-8-6-5-7-9-25/h10-16,22-23,25,29,36H,5-9,17-20H2,1-4H3,(H2,32,33,38)/t22-,23-,29+/m0/s1. The monoisotopic (exact) mass is 600 g/mol. The average Bonchev–Trinajstić information content (AvgIpc) is 3.00. The second-order valence-electron chi connectivity index (χ2n) is 11.7. The number of fused-ring (bicyclic) bond motifs is 1. The van der Waals surface area contributed by atoms with E-state index in [-0.39, 0.29) is 54.9 Å². The number of amides is 3. The molecule has 2 aromatic rings. The van der Waals surface area contributed by atoms with Gasteiger partial charge < -0.3 is 25.4 Å². The van der Waals surface area contributed by atoms with Crippen LogP contribution < -0.4 is 15.4 Å². The van der Waals surface area contributed by atoms with E-state index in [4.69, 9.17) is 4.74 Å². The number of carbonyl (C=O) groups excluding carboxylic acids is 2. The molecular weight excluding hydrogens is 556 g/mol. The van der Waals surface area contributed by atoms with Crippen LogP contribution in [0.3, 0.4) is 0 Å². The van der Waals surface area contributed by atoms with Gasteiger partial charge in [-0.15, -0.1) is 0 Å². The molecular formula is C31H44N4O6S. The van der Waals surface area contributed by atoms with E-state index in [2.05, 4.69) is 10.6 Å². The van der Waals surface area contributed by atoms with Gasteiger partial charge >= 0.3 is 6.03 Å². The van der Waals surface area contributed by atoms with Gasteiger partial charge in [0, 0.05) is 36.8 Å². The number of sulfonamides is 1. The minimum absolute atomic E-state index is 0.0103. The molecule has 1 heterocycles. The Kier molecular flexibility index (Phi) is 10.5. The molecule has 0 bridgehead atoms. The van der Waals surface area contributed by atoms with Crippen LogP contribution in [0, 0.1) is 12.8 Å². The molecule has 42 heavy (non-hydrogen) atoms. The molecule has 1 aliphatic heterocycles. The van der Waals surface area contributed by atoms with Crippen molar-refractivity contribution >= 4 is 27.6 Å². The number of urea groups is 1. The molecule has 1 fully saturated rings. The fraction of sp³-hybridized carbons (Fsp3) is 0.548. The Labute approximate surface area is 249 Å². The summed E-state index contributed by atoms with van der Waals surface area (Å²) in [6.07, 6.45) is 4.74. The molecule has 0 saturated heterocycles. The lowest BCUT2D eigenvalue weighted by atomic mass is 9.96. The van der Waals surface area contributed by atoms with Gasteiger partial charge in [0.1, 0.15) is 11.9 Å². The Morgan fingerprint density at radius 1 is 1.14 bits per heavy atom. The van der Waals surface area contributed by atoms with E-state index in [1.807, 2.05) is 13.8 Å². The number of aliphatic hydroxyl groups excluding tert-OH is 1. The Morgan fingerprint density at radius 2 is 1.83 bits per heavy atom. The normalized spacial score (nSPS) is 21.0. The molecule has 10 nitrogen and oxygen atoms in total. The molecule has 0 aromatic heterocycles. The second kappa shape index (κ2) is 13.9. The van der Waals surface area contributed by atoms with Gasteiger partial charge in [-0.25, -0.2) is 13.2 Å². The predicted molar refractivity (Wildman–Crippen MR) is 162 cm³/mol. The minimum Gasteiger partial charge on any atom is -0.488 e. The van der Waals surface area contributed by atoms with E-state index in [1.54, 1.807) is 54.3 Å². The van der Waals surface area contributed by atoms with Crippen molar-refractivity contribution in [3.63, 3.8) is 0 Å². The second-order valence-corrected chi connectivity index (χ2v) is 13.8. The predicted octanol–water partition coefficient (Wildman–Crippen LogP) is 3.92. The van der Waals surface area contributed by atoms with Crippen molar-refractivity contribution in [2.24, 2.45) is 5.92 Å². The number of ether oxygens (including phenoxy) is 1. The smallest absolute Gasteiger partial charge is 0.319 e. The molecule has 2 aliphatic rings. The van der Waals surface area contributed by atoms with Crippen molar-refractivity contribution < 1.29 is 27.9 Å². The van der Waals surface area contributed by atoms with Crippen LogP contribution in [-0.4, -0.2) is 79.6 Å². The van der Waals surface area contributed by atoms with Gasteiger partial charge in [-0.05, 0) is 57.0 Å². The highest BCUT2D eigenvalue weighted by atomic mass is 32.2. The summed E-state index contributed by atoms with van der Waals surface area (Å²) in [5.41, 5.74) is 2.07. The summed E-state index contributed by atoms with van der Waals surface area (Å²) in [6.45, 7) is 5.72. The summed E-state index contributed by atoms with van der Waals surface area (Å²) in [5.74, 6) is 0.0139. The van der Waals surface area contributed by atoms with Crippen LogP contribution in [0.4, 0.5) is 10.5 Å². The molecule has 0 spiro atoms. The lowest BCUT2D eigenvalue weighted by molar-refractivity contribution is -0.134. The van der Waals surface area contributed by atoms with Crippen LogP contribution in [0.15, 0.2) is 47.4 Å². The maximum absolute atomic E-state index is 13.5. The largest absolute Gasteiger partial charge is 0.488 e. The SMILES string of the molecule is Cc1ccc(S(=O)(=O)N(C)C[C@H]2Oc3ccc(NC(=O)NC4CCCCC4)cc3CC(=O)N([C@@H](C)CO)C[C@@H]2C)cc1. The van der Waals surface area contributed by atoms with Gasteiger partial charge in [0.25, 0.3) is 0 Å². The number of nitrogens with one attached hydrogen (secondary N) is 2. The fourth-order valence-corrected chi connectivity index (χ4v) is 6.75. The number of aryl methyl sites for hydroxylation is 1. The zero-order valence-corrected chi connectivity index (χ0v) is 25.8. The third-order valence-corrected chi connectivity index (χ3v) is 10.1. The molecule has 230 valence electrons. The maximum Gasteiger partial charge on any atom is 0.319 e. The van der Waals surface area contributed by atoms with Gasteiger partial charge in [-0.2, -0.15) is 4.31 Å². The zero-order chi connectivity index (χ0) is 30.4. The van der Waals surface area contributed by atoms with Crippen molar-refractivity contribution in [3.8, 4) is 5.75 Å². The Hall–Kier alpha value is -3.15. The molecule has 3 amide bonds. The number of hydrogen-bond acceptors (Lipinski definition) is 6. The van der Waals surface area contributed by atoms with Crippen molar-refractivity contribution in [1.82, 2.24) is 14.5 Å². The van der Waals surface area contributed by atoms with E-state index in [0.717, 1.165) is 31.2 Å². The number of likely N-dealkylation sites (N-methyl/N-ethyl adjacent to an activating group) is 1. The molecule has 1 aliphatic carbocycles. The van der Waals surface area contributed by atoms with Crippen LogP contribution in [0.2, 0.25) is 0 Å². The summed E-state index contributed by atoms with van der Waals surface area (Å²) in [4.78, 5) is 28.0. The average molecular weight is 601 g/mol. The molecule has 11 heteroatoms. The third-order valence-electron chi connectivity index (χ3n) is 8.28. The van der Waals surface area contributed by atoms with Gasteiger partial charge in [0.2, 0.25) is 15.9 Å². The van der Waals surface area contributed by atoms with Gasteiger partial charge in [0.05, 0.1) is 30.5 Å². The molecule has 4 rings (SSSR count). The molecule has 2 aromatic carbocycles. The van der Waals surface area contributed by atoms with Crippen LogP contribution in [0.25, 0.3) is 0 Å². The number of nitrogens with zero attached hydrogens (tertiary/aromatic N) is 2. The number of hydrogen-bond donors (Lipinski definition) is 3. The van der Waals surface area contributed by atoms with Crippen LogP contribution in [0.5, 0.6) is 5.75 Å². The third kappa shape index (κ3) is 7.81.